The minimum atomic E-state index is 0.623. The fourth-order valence-corrected chi connectivity index (χ4v) is 1.97. The lowest BCUT2D eigenvalue weighted by atomic mass is 10.1. The van der Waals surface area contributed by atoms with Crippen LogP contribution in [0.25, 0.3) is 0 Å². The van der Waals surface area contributed by atoms with E-state index in [1.165, 1.54) is 5.56 Å². The van der Waals surface area contributed by atoms with E-state index >= 15 is 0 Å². The number of ether oxygens (including phenoxy) is 2. The van der Waals surface area contributed by atoms with Crippen molar-refractivity contribution < 1.29 is 9.47 Å². The Hall–Kier alpha value is -2.16. The Balaban J connectivity index is 1.71. The van der Waals surface area contributed by atoms with Crippen LogP contribution in [0.4, 0.5) is 5.69 Å². The molecule has 2 rings (SSSR count). The van der Waals surface area contributed by atoms with Gasteiger partial charge in [0.05, 0.1) is 13.2 Å². The average Bonchev–Trinajstić information content (AvgIpc) is 2.47. The second-order valence-electron chi connectivity index (χ2n) is 4.58. The smallest absolute Gasteiger partial charge is 0.122 e. The minimum absolute atomic E-state index is 0.623. The summed E-state index contributed by atoms with van der Waals surface area (Å²) in [5.41, 5.74) is 7.65. The number of rotatable bonds is 7. The molecule has 2 aromatic carbocycles. The number of benzene rings is 2. The zero-order chi connectivity index (χ0) is 14.2. The van der Waals surface area contributed by atoms with Gasteiger partial charge in [-0.15, -0.1) is 0 Å². The molecule has 0 spiro atoms. The molecule has 20 heavy (non-hydrogen) atoms. The van der Waals surface area contributed by atoms with Crippen LogP contribution in [-0.2, 0) is 6.42 Å². The molecular formula is C17H21NO2. The monoisotopic (exact) mass is 271 g/mol. The number of aryl methyl sites for hydroxylation is 1. The van der Waals surface area contributed by atoms with Gasteiger partial charge >= 0.3 is 0 Å². The molecule has 3 heteroatoms. The van der Waals surface area contributed by atoms with E-state index in [4.69, 9.17) is 15.2 Å². The molecule has 0 saturated carbocycles. The van der Waals surface area contributed by atoms with Crippen LogP contribution in [0.3, 0.4) is 0 Å². The third kappa shape index (κ3) is 4.19. The molecule has 0 bridgehead atoms. The SMILES string of the molecule is CCc1ccccc1OCCCOc1cccc(N)c1. The third-order valence-corrected chi connectivity index (χ3v) is 3.03. The van der Waals surface area contributed by atoms with Gasteiger partial charge in [0.25, 0.3) is 0 Å². The molecule has 0 amide bonds. The zero-order valence-electron chi connectivity index (χ0n) is 11.8. The second-order valence-corrected chi connectivity index (χ2v) is 4.58. The summed E-state index contributed by atoms with van der Waals surface area (Å²) in [5.74, 6) is 1.78. The van der Waals surface area contributed by atoms with Crippen molar-refractivity contribution >= 4 is 5.69 Å². The van der Waals surface area contributed by atoms with Gasteiger partial charge < -0.3 is 15.2 Å². The van der Waals surface area contributed by atoms with E-state index in [1.54, 1.807) is 0 Å². The van der Waals surface area contributed by atoms with Gasteiger partial charge in [-0.25, -0.2) is 0 Å². The molecule has 2 N–H and O–H groups in total. The van der Waals surface area contributed by atoms with E-state index in [-0.39, 0.29) is 0 Å². The first kappa shape index (κ1) is 14.3. The number of anilines is 1. The Bertz CT molecular complexity index is 540. The van der Waals surface area contributed by atoms with Crippen LogP contribution in [0.5, 0.6) is 11.5 Å². The summed E-state index contributed by atoms with van der Waals surface area (Å²) in [6.07, 6.45) is 1.82. The van der Waals surface area contributed by atoms with Crippen LogP contribution in [0, 0.1) is 0 Å². The highest BCUT2D eigenvalue weighted by atomic mass is 16.5. The van der Waals surface area contributed by atoms with Crippen LogP contribution in [0.15, 0.2) is 48.5 Å². The van der Waals surface area contributed by atoms with Crippen LogP contribution in [0.1, 0.15) is 18.9 Å². The maximum absolute atomic E-state index is 5.79. The van der Waals surface area contributed by atoms with Gasteiger partial charge in [0, 0.05) is 18.2 Å². The van der Waals surface area contributed by atoms with Crippen LogP contribution in [-0.4, -0.2) is 13.2 Å². The van der Waals surface area contributed by atoms with E-state index < -0.39 is 0 Å². The molecule has 0 aliphatic carbocycles. The molecule has 106 valence electrons. The molecule has 2 aromatic rings. The average molecular weight is 271 g/mol. The molecule has 0 radical (unpaired) electrons. The molecule has 0 aromatic heterocycles. The lowest BCUT2D eigenvalue weighted by molar-refractivity contribution is 0.246. The number of para-hydroxylation sites is 1. The topological polar surface area (TPSA) is 44.5 Å². The fourth-order valence-electron chi connectivity index (χ4n) is 1.97. The molecular weight excluding hydrogens is 250 g/mol. The largest absolute Gasteiger partial charge is 0.493 e. The highest BCUT2D eigenvalue weighted by Gasteiger charge is 2.00. The molecule has 3 nitrogen and oxygen atoms in total. The summed E-state index contributed by atoms with van der Waals surface area (Å²) in [6, 6.07) is 15.6. The van der Waals surface area contributed by atoms with Gasteiger partial charge in [0.15, 0.2) is 0 Å². The Morgan fingerprint density at radius 1 is 0.950 bits per heavy atom. The van der Waals surface area contributed by atoms with E-state index in [0.717, 1.165) is 30.0 Å². The van der Waals surface area contributed by atoms with Crippen molar-refractivity contribution in [3.05, 3.63) is 54.1 Å². The predicted molar refractivity (Wildman–Crippen MR) is 82.3 cm³/mol. The first-order chi connectivity index (χ1) is 9.79. The summed E-state index contributed by atoms with van der Waals surface area (Å²) in [5, 5.41) is 0. The Kier molecular flexibility index (Phi) is 5.30. The summed E-state index contributed by atoms with van der Waals surface area (Å²) in [4.78, 5) is 0. The van der Waals surface area contributed by atoms with Gasteiger partial charge in [-0.3, -0.25) is 0 Å². The van der Waals surface area contributed by atoms with E-state index in [2.05, 4.69) is 13.0 Å². The molecule has 0 atom stereocenters. The van der Waals surface area contributed by atoms with Gasteiger partial charge in [-0.1, -0.05) is 31.2 Å². The van der Waals surface area contributed by atoms with E-state index in [0.29, 0.717) is 13.2 Å². The molecule has 0 aliphatic heterocycles. The Morgan fingerprint density at radius 3 is 2.55 bits per heavy atom. The number of hydrogen-bond acceptors (Lipinski definition) is 3. The zero-order valence-corrected chi connectivity index (χ0v) is 11.8. The second kappa shape index (κ2) is 7.43. The van der Waals surface area contributed by atoms with Crippen molar-refractivity contribution in [3.63, 3.8) is 0 Å². The van der Waals surface area contributed by atoms with E-state index in [1.807, 2.05) is 42.5 Å². The first-order valence-electron chi connectivity index (χ1n) is 6.98. The Labute approximate surface area is 120 Å². The highest BCUT2D eigenvalue weighted by Crippen LogP contribution is 2.18. The van der Waals surface area contributed by atoms with Gasteiger partial charge in [-0.2, -0.15) is 0 Å². The summed E-state index contributed by atoms with van der Waals surface area (Å²) >= 11 is 0. The predicted octanol–water partition coefficient (Wildman–Crippen LogP) is 3.68. The lowest BCUT2D eigenvalue weighted by Gasteiger charge is -2.11. The molecule has 0 fully saturated rings. The van der Waals surface area contributed by atoms with Gasteiger partial charge in [0.1, 0.15) is 11.5 Å². The van der Waals surface area contributed by atoms with Crippen molar-refractivity contribution in [2.75, 3.05) is 18.9 Å². The van der Waals surface area contributed by atoms with Crippen molar-refractivity contribution in [1.29, 1.82) is 0 Å². The fraction of sp³-hybridized carbons (Fsp3) is 0.294. The van der Waals surface area contributed by atoms with Crippen molar-refractivity contribution in [2.45, 2.75) is 19.8 Å². The number of nitrogen functional groups attached to an aromatic ring is 1. The standard InChI is InChI=1S/C17H21NO2/c1-2-14-7-3-4-10-17(14)20-12-6-11-19-16-9-5-8-15(18)13-16/h3-5,7-10,13H,2,6,11-12,18H2,1H3. The molecule has 0 saturated heterocycles. The molecule has 0 unspecified atom stereocenters. The van der Waals surface area contributed by atoms with E-state index in [9.17, 15) is 0 Å². The first-order valence-corrected chi connectivity index (χ1v) is 6.98. The maximum Gasteiger partial charge on any atom is 0.122 e. The summed E-state index contributed by atoms with van der Waals surface area (Å²) in [6.45, 7) is 3.40. The third-order valence-electron chi connectivity index (χ3n) is 3.03. The van der Waals surface area contributed by atoms with Crippen LogP contribution < -0.4 is 15.2 Å². The Morgan fingerprint density at radius 2 is 1.75 bits per heavy atom. The summed E-state index contributed by atoms with van der Waals surface area (Å²) in [7, 11) is 0. The number of hydrogen-bond donors (Lipinski definition) is 1. The number of nitrogens with two attached hydrogens (primary N) is 1. The summed E-state index contributed by atoms with van der Waals surface area (Å²) < 4.78 is 11.4. The van der Waals surface area contributed by atoms with Crippen LogP contribution >= 0.6 is 0 Å². The quantitative estimate of drug-likeness (QED) is 0.617. The van der Waals surface area contributed by atoms with Gasteiger partial charge in [0.2, 0.25) is 0 Å². The normalized spacial score (nSPS) is 10.2. The van der Waals surface area contributed by atoms with Crippen molar-refractivity contribution in [2.24, 2.45) is 0 Å². The van der Waals surface area contributed by atoms with Crippen molar-refractivity contribution in [1.82, 2.24) is 0 Å². The minimum Gasteiger partial charge on any atom is -0.493 e. The maximum atomic E-state index is 5.79. The molecule has 0 aliphatic rings. The highest BCUT2D eigenvalue weighted by molar-refractivity contribution is 5.43. The molecule has 0 heterocycles. The van der Waals surface area contributed by atoms with Gasteiger partial charge in [-0.05, 0) is 30.2 Å². The van der Waals surface area contributed by atoms with Crippen LogP contribution in [0.2, 0.25) is 0 Å². The van der Waals surface area contributed by atoms with Crippen molar-refractivity contribution in [3.8, 4) is 11.5 Å². The lowest BCUT2D eigenvalue weighted by Crippen LogP contribution is -2.06.